The summed E-state index contributed by atoms with van der Waals surface area (Å²) >= 11 is 0. The molecule has 0 saturated carbocycles. The lowest BCUT2D eigenvalue weighted by Gasteiger charge is -2.34. The number of nitrogens with zero attached hydrogens (tertiary/aromatic N) is 4. The molecule has 0 aliphatic carbocycles. The van der Waals surface area contributed by atoms with Crippen LogP contribution in [0.5, 0.6) is 0 Å². The van der Waals surface area contributed by atoms with Crippen molar-refractivity contribution in [1.29, 1.82) is 0 Å². The van der Waals surface area contributed by atoms with Crippen LogP contribution in [0.3, 0.4) is 0 Å². The zero-order chi connectivity index (χ0) is 18.0. The number of imidazole rings is 1. The number of hydrogen-bond acceptors (Lipinski definition) is 4. The van der Waals surface area contributed by atoms with Gasteiger partial charge < -0.3 is 15.5 Å². The minimum atomic E-state index is -0.514. The van der Waals surface area contributed by atoms with Gasteiger partial charge in [0, 0.05) is 32.1 Å². The Morgan fingerprint density at radius 2 is 2.00 bits per heavy atom. The highest BCUT2D eigenvalue weighted by molar-refractivity contribution is 5.96. The lowest BCUT2D eigenvalue weighted by atomic mass is 10.2. The molecule has 0 unspecified atom stereocenters. The van der Waals surface area contributed by atoms with Gasteiger partial charge in [0.05, 0.1) is 17.6 Å². The molecule has 6 nitrogen and oxygen atoms in total. The van der Waals surface area contributed by atoms with E-state index in [-0.39, 0.29) is 5.92 Å². The third-order valence-electron chi connectivity index (χ3n) is 4.43. The first-order valence-corrected chi connectivity index (χ1v) is 8.69. The summed E-state index contributed by atoms with van der Waals surface area (Å²) in [6.07, 6.45) is 0.415. The fraction of sp³-hybridized carbons (Fsp3) is 0.474. The molecule has 2 N–H and O–H groups in total. The summed E-state index contributed by atoms with van der Waals surface area (Å²) in [6, 6.07) is 5.40. The predicted molar refractivity (Wildman–Crippen MR) is 101 cm³/mol. The van der Waals surface area contributed by atoms with Crippen molar-refractivity contribution in [3.63, 3.8) is 0 Å². The van der Waals surface area contributed by atoms with Gasteiger partial charge >= 0.3 is 6.03 Å². The minimum absolute atomic E-state index is 0.285. The Labute approximate surface area is 148 Å². The SMILES string of the molecule is CC(C)C#CCc1nc2c(N3CCN(C)CC3)cccc2n1C(N)=O. The van der Waals surface area contributed by atoms with Crippen LogP contribution in [0.4, 0.5) is 10.5 Å². The largest absolute Gasteiger partial charge is 0.367 e. The Kier molecular flexibility index (Phi) is 4.95. The van der Waals surface area contributed by atoms with Gasteiger partial charge in [-0.2, -0.15) is 0 Å². The van der Waals surface area contributed by atoms with Crippen molar-refractivity contribution < 1.29 is 4.79 Å². The number of carbonyl (C=O) groups is 1. The number of nitrogens with two attached hydrogens (primary N) is 1. The summed E-state index contributed by atoms with van der Waals surface area (Å²) in [6.45, 7) is 7.99. The summed E-state index contributed by atoms with van der Waals surface area (Å²) in [5.41, 5.74) is 8.26. The van der Waals surface area contributed by atoms with Crippen molar-refractivity contribution in [2.24, 2.45) is 11.7 Å². The quantitative estimate of drug-likeness (QED) is 0.849. The number of piperazine rings is 1. The van der Waals surface area contributed by atoms with Crippen molar-refractivity contribution in [3.8, 4) is 11.8 Å². The first-order valence-electron chi connectivity index (χ1n) is 8.69. The normalized spacial score (nSPS) is 15.4. The van der Waals surface area contributed by atoms with Crippen molar-refractivity contribution in [2.45, 2.75) is 20.3 Å². The second kappa shape index (κ2) is 7.16. The maximum atomic E-state index is 12.0. The number of likely N-dealkylation sites (N-methyl/N-ethyl adjacent to an activating group) is 1. The molecule has 1 saturated heterocycles. The minimum Gasteiger partial charge on any atom is -0.367 e. The van der Waals surface area contributed by atoms with Crippen molar-refractivity contribution in [1.82, 2.24) is 14.5 Å². The second-order valence-corrected chi connectivity index (χ2v) is 6.79. The van der Waals surface area contributed by atoms with E-state index in [0.717, 1.165) is 42.9 Å². The van der Waals surface area contributed by atoms with E-state index in [4.69, 9.17) is 10.7 Å². The molecular formula is C19H25N5O. The summed E-state index contributed by atoms with van der Waals surface area (Å²) < 4.78 is 1.49. The molecule has 1 aromatic carbocycles. The Morgan fingerprint density at radius 3 is 2.64 bits per heavy atom. The maximum Gasteiger partial charge on any atom is 0.324 e. The van der Waals surface area contributed by atoms with Crippen LogP contribution in [0.1, 0.15) is 19.7 Å². The molecular weight excluding hydrogens is 314 g/mol. The van der Waals surface area contributed by atoms with Crippen LogP contribution >= 0.6 is 0 Å². The Balaban J connectivity index is 2.04. The summed E-state index contributed by atoms with van der Waals surface area (Å²) in [7, 11) is 2.13. The number of hydrogen-bond donors (Lipinski definition) is 1. The highest BCUT2D eigenvalue weighted by Crippen LogP contribution is 2.28. The zero-order valence-corrected chi connectivity index (χ0v) is 15.1. The molecule has 25 heavy (non-hydrogen) atoms. The first kappa shape index (κ1) is 17.3. The van der Waals surface area contributed by atoms with E-state index in [1.807, 2.05) is 26.0 Å². The molecule has 3 rings (SSSR count). The number of primary amides is 1. The van der Waals surface area contributed by atoms with E-state index in [2.05, 4.69) is 34.8 Å². The lowest BCUT2D eigenvalue weighted by molar-refractivity contribution is 0.250. The van der Waals surface area contributed by atoms with Gasteiger partial charge in [-0.1, -0.05) is 25.8 Å². The number of carbonyl (C=O) groups excluding carboxylic acids is 1. The molecule has 132 valence electrons. The van der Waals surface area contributed by atoms with E-state index < -0.39 is 6.03 Å². The molecule has 0 radical (unpaired) electrons. The topological polar surface area (TPSA) is 67.4 Å². The lowest BCUT2D eigenvalue weighted by Crippen LogP contribution is -2.44. The molecule has 0 bridgehead atoms. The highest BCUT2D eigenvalue weighted by atomic mass is 16.2. The fourth-order valence-corrected chi connectivity index (χ4v) is 3.13. The van der Waals surface area contributed by atoms with E-state index in [0.29, 0.717) is 12.2 Å². The summed E-state index contributed by atoms with van der Waals surface area (Å²) in [5.74, 6) is 7.11. The highest BCUT2D eigenvalue weighted by Gasteiger charge is 2.21. The van der Waals surface area contributed by atoms with Crippen LogP contribution in [-0.2, 0) is 6.42 Å². The Morgan fingerprint density at radius 1 is 1.28 bits per heavy atom. The number of rotatable bonds is 2. The van der Waals surface area contributed by atoms with Gasteiger partial charge in [-0.05, 0) is 19.2 Å². The van der Waals surface area contributed by atoms with Gasteiger partial charge in [0.2, 0.25) is 0 Å². The second-order valence-electron chi connectivity index (χ2n) is 6.79. The van der Waals surface area contributed by atoms with Crippen molar-refractivity contribution in [3.05, 3.63) is 24.0 Å². The number of aromatic nitrogens is 2. The fourth-order valence-electron chi connectivity index (χ4n) is 3.13. The third-order valence-corrected chi connectivity index (χ3v) is 4.43. The van der Waals surface area contributed by atoms with Gasteiger partial charge in [0.1, 0.15) is 11.3 Å². The standard InChI is InChI=1S/C19H25N5O/c1-14(2)6-4-9-17-21-18-15(23-12-10-22(3)11-13-23)7-5-8-16(18)24(17)19(20)25/h5,7-8,14H,9-13H2,1-3H3,(H2,20,25). The van der Waals surface area contributed by atoms with E-state index >= 15 is 0 Å². The Bertz CT molecular complexity index is 835. The first-order chi connectivity index (χ1) is 12.0. The molecule has 1 amide bonds. The average molecular weight is 339 g/mol. The molecule has 1 fully saturated rings. The number of para-hydroxylation sites is 1. The van der Waals surface area contributed by atoms with Gasteiger partial charge in [0.15, 0.2) is 0 Å². The third kappa shape index (κ3) is 3.62. The number of anilines is 1. The summed E-state index contributed by atoms with van der Waals surface area (Å²) in [5, 5.41) is 0. The van der Waals surface area contributed by atoms with Gasteiger partial charge in [-0.3, -0.25) is 0 Å². The van der Waals surface area contributed by atoms with Crippen LogP contribution in [-0.4, -0.2) is 53.7 Å². The maximum absolute atomic E-state index is 12.0. The van der Waals surface area contributed by atoms with Crippen LogP contribution in [0.25, 0.3) is 11.0 Å². The van der Waals surface area contributed by atoms with Crippen LogP contribution in [0.2, 0.25) is 0 Å². The molecule has 2 aromatic rings. The molecule has 0 spiro atoms. The van der Waals surface area contributed by atoms with E-state index in [9.17, 15) is 4.79 Å². The van der Waals surface area contributed by atoms with Gasteiger partial charge in [0.25, 0.3) is 0 Å². The Hall–Kier alpha value is -2.52. The van der Waals surface area contributed by atoms with Crippen LogP contribution in [0.15, 0.2) is 18.2 Å². The molecule has 6 heteroatoms. The predicted octanol–water partition coefficient (Wildman–Crippen LogP) is 1.92. The van der Waals surface area contributed by atoms with E-state index in [1.165, 1.54) is 4.57 Å². The number of fused-ring (bicyclic) bond motifs is 1. The zero-order valence-electron chi connectivity index (χ0n) is 15.1. The van der Waals surface area contributed by atoms with Crippen LogP contribution < -0.4 is 10.6 Å². The van der Waals surface area contributed by atoms with Crippen LogP contribution in [0, 0.1) is 17.8 Å². The average Bonchev–Trinajstić information content (AvgIpc) is 2.93. The summed E-state index contributed by atoms with van der Waals surface area (Å²) in [4.78, 5) is 21.4. The number of benzene rings is 1. The van der Waals surface area contributed by atoms with Crippen molar-refractivity contribution >= 4 is 22.8 Å². The molecule has 1 aliphatic rings. The monoisotopic (exact) mass is 339 g/mol. The smallest absolute Gasteiger partial charge is 0.324 e. The van der Waals surface area contributed by atoms with E-state index in [1.54, 1.807) is 0 Å². The van der Waals surface area contributed by atoms with Gasteiger partial charge in [-0.15, -0.1) is 5.92 Å². The molecule has 1 aromatic heterocycles. The number of amides is 1. The molecule has 2 heterocycles. The van der Waals surface area contributed by atoms with Crippen molar-refractivity contribution in [2.75, 3.05) is 38.1 Å². The molecule has 1 aliphatic heterocycles. The molecule has 0 atom stereocenters. The van der Waals surface area contributed by atoms with Gasteiger partial charge in [-0.25, -0.2) is 14.3 Å².